The molecule has 0 spiro atoms. The van der Waals surface area contributed by atoms with Gasteiger partial charge in [0.1, 0.15) is 6.61 Å². The highest BCUT2D eigenvalue weighted by atomic mass is 16.6. The van der Waals surface area contributed by atoms with E-state index in [0.29, 0.717) is 12.8 Å². The van der Waals surface area contributed by atoms with Crippen LogP contribution in [0.1, 0.15) is 42.4 Å². The van der Waals surface area contributed by atoms with Crippen molar-refractivity contribution in [1.29, 1.82) is 0 Å². The van der Waals surface area contributed by atoms with E-state index in [2.05, 4.69) is 44.2 Å². The molecule has 164 valence electrons. The number of aryl methyl sites for hydroxylation is 1. The Labute approximate surface area is 189 Å². The molecule has 2 unspecified atom stereocenters. The summed E-state index contributed by atoms with van der Waals surface area (Å²) in [6, 6.07) is 26.1. The Hall–Kier alpha value is -3.40. The molecule has 0 bridgehead atoms. The van der Waals surface area contributed by atoms with E-state index in [-0.39, 0.29) is 24.5 Å². The van der Waals surface area contributed by atoms with Gasteiger partial charge in [-0.15, -0.1) is 0 Å². The molecular weight excluding hydrogens is 398 g/mol. The van der Waals surface area contributed by atoms with Crippen LogP contribution in [0.4, 0.5) is 4.79 Å². The van der Waals surface area contributed by atoms with Crippen LogP contribution in [0, 0.1) is 6.92 Å². The molecule has 32 heavy (non-hydrogen) atoms. The number of benzene rings is 3. The highest BCUT2D eigenvalue weighted by Crippen LogP contribution is 2.31. The van der Waals surface area contributed by atoms with Crippen LogP contribution in [0.2, 0.25) is 0 Å². The molecule has 1 fully saturated rings. The number of hydrogen-bond donors (Lipinski definition) is 0. The Morgan fingerprint density at radius 2 is 1.72 bits per heavy atom. The SMILES string of the molecule is CCCC(C(=O)N1C(=O)OCC1Cc1ccccc1)c1cccc(-c2cccc(C)c2)c1. The molecule has 4 rings (SSSR count). The fraction of sp³-hybridized carbons (Fsp3) is 0.286. The molecule has 3 aromatic rings. The molecule has 0 radical (unpaired) electrons. The van der Waals surface area contributed by atoms with E-state index in [4.69, 9.17) is 4.74 Å². The number of ether oxygens (including phenoxy) is 1. The number of hydrogen-bond acceptors (Lipinski definition) is 3. The second kappa shape index (κ2) is 9.82. The van der Waals surface area contributed by atoms with Gasteiger partial charge in [0.15, 0.2) is 0 Å². The highest BCUT2D eigenvalue weighted by Gasteiger charge is 2.41. The summed E-state index contributed by atoms with van der Waals surface area (Å²) in [6.45, 7) is 4.37. The van der Waals surface area contributed by atoms with Crippen molar-refractivity contribution in [3.05, 3.63) is 95.6 Å². The normalized spacial score (nSPS) is 16.6. The fourth-order valence-corrected chi connectivity index (χ4v) is 4.42. The lowest BCUT2D eigenvalue weighted by Gasteiger charge is -2.25. The summed E-state index contributed by atoms with van der Waals surface area (Å²) in [5, 5.41) is 0. The lowest BCUT2D eigenvalue weighted by atomic mass is 9.90. The van der Waals surface area contributed by atoms with E-state index < -0.39 is 6.09 Å². The average molecular weight is 428 g/mol. The minimum absolute atomic E-state index is 0.170. The minimum atomic E-state index is -0.535. The average Bonchev–Trinajstić information content (AvgIpc) is 3.17. The Morgan fingerprint density at radius 1 is 1.00 bits per heavy atom. The van der Waals surface area contributed by atoms with Crippen molar-refractivity contribution in [1.82, 2.24) is 4.90 Å². The van der Waals surface area contributed by atoms with E-state index >= 15 is 0 Å². The van der Waals surface area contributed by atoms with E-state index in [1.54, 1.807) is 0 Å². The molecule has 4 heteroatoms. The molecule has 1 heterocycles. The molecule has 0 saturated carbocycles. The summed E-state index contributed by atoms with van der Waals surface area (Å²) in [4.78, 5) is 27.6. The minimum Gasteiger partial charge on any atom is -0.447 e. The molecule has 0 aliphatic carbocycles. The number of rotatable bonds is 7. The van der Waals surface area contributed by atoms with Crippen molar-refractivity contribution in [2.45, 2.75) is 45.1 Å². The van der Waals surface area contributed by atoms with Gasteiger partial charge in [-0.05, 0) is 42.0 Å². The molecule has 2 amide bonds. The van der Waals surface area contributed by atoms with Gasteiger partial charge in [-0.2, -0.15) is 0 Å². The van der Waals surface area contributed by atoms with Gasteiger partial charge in [0, 0.05) is 0 Å². The predicted molar refractivity (Wildman–Crippen MR) is 126 cm³/mol. The van der Waals surface area contributed by atoms with Crippen LogP contribution >= 0.6 is 0 Å². The molecule has 0 N–H and O–H groups in total. The van der Waals surface area contributed by atoms with Crippen molar-refractivity contribution in [2.75, 3.05) is 6.61 Å². The zero-order valence-electron chi connectivity index (χ0n) is 18.7. The number of carbonyl (C=O) groups is 2. The number of nitrogens with zero attached hydrogens (tertiary/aromatic N) is 1. The van der Waals surface area contributed by atoms with Gasteiger partial charge in [0.2, 0.25) is 5.91 Å². The quantitative estimate of drug-likeness (QED) is 0.455. The zero-order valence-corrected chi connectivity index (χ0v) is 18.7. The third-order valence-electron chi connectivity index (χ3n) is 6.03. The monoisotopic (exact) mass is 427 g/mol. The van der Waals surface area contributed by atoms with E-state index in [1.807, 2.05) is 48.5 Å². The van der Waals surface area contributed by atoms with Gasteiger partial charge >= 0.3 is 6.09 Å². The standard InChI is InChI=1S/C28H29NO3/c1-3-9-26(24-15-8-14-23(18-24)22-13-7-10-20(2)16-22)27(30)29-25(19-32-28(29)31)17-21-11-5-4-6-12-21/h4-8,10-16,18,25-26H,3,9,17,19H2,1-2H3. The second-order valence-corrected chi connectivity index (χ2v) is 8.46. The summed E-state index contributed by atoms with van der Waals surface area (Å²) in [6.07, 6.45) is 1.59. The topological polar surface area (TPSA) is 46.6 Å². The van der Waals surface area contributed by atoms with Gasteiger partial charge in [-0.25, -0.2) is 9.69 Å². The van der Waals surface area contributed by atoms with Crippen LogP contribution in [0.25, 0.3) is 11.1 Å². The Balaban J connectivity index is 1.62. The second-order valence-electron chi connectivity index (χ2n) is 8.46. The van der Waals surface area contributed by atoms with Crippen molar-refractivity contribution >= 4 is 12.0 Å². The first-order valence-electron chi connectivity index (χ1n) is 11.3. The summed E-state index contributed by atoms with van der Waals surface area (Å²) in [7, 11) is 0. The molecule has 4 nitrogen and oxygen atoms in total. The van der Waals surface area contributed by atoms with Gasteiger partial charge in [-0.1, -0.05) is 97.8 Å². The van der Waals surface area contributed by atoms with Crippen LogP contribution < -0.4 is 0 Å². The lowest BCUT2D eigenvalue weighted by Crippen LogP contribution is -2.43. The fourth-order valence-electron chi connectivity index (χ4n) is 4.42. The van der Waals surface area contributed by atoms with E-state index in [0.717, 1.165) is 28.7 Å². The zero-order chi connectivity index (χ0) is 22.5. The van der Waals surface area contributed by atoms with Crippen molar-refractivity contribution < 1.29 is 14.3 Å². The molecule has 1 saturated heterocycles. The smallest absolute Gasteiger partial charge is 0.417 e. The highest BCUT2D eigenvalue weighted by molar-refractivity contribution is 5.97. The Morgan fingerprint density at radius 3 is 2.44 bits per heavy atom. The maximum atomic E-state index is 13.7. The van der Waals surface area contributed by atoms with Crippen LogP contribution in [0.15, 0.2) is 78.9 Å². The van der Waals surface area contributed by atoms with Crippen molar-refractivity contribution in [3.8, 4) is 11.1 Å². The van der Waals surface area contributed by atoms with Crippen LogP contribution in [-0.4, -0.2) is 29.5 Å². The Bertz CT molecular complexity index is 1090. The third kappa shape index (κ3) is 4.75. The van der Waals surface area contributed by atoms with E-state index in [9.17, 15) is 9.59 Å². The molecule has 1 aliphatic heterocycles. The van der Waals surface area contributed by atoms with E-state index in [1.165, 1.54) is 10.5 Å². The third-order valence-corrected chi connectivity index (χ3v) is 6.03. The number of carbonyl (C=O) groups excluding carboxylic acids is 2. The summed E-state index contributed by atoms with van der Waals surface area (Å²) >= 11 is 0. The van der Waals surface area contributed by atoms with Gasteiger partial charge in [-0.3, -0.25) is 4.79 Å². The first-order valence-corrected chi connectivity index (χ1v) is 11.3. The summed E-state index contributed by atoms with van der Waals surface area (Å²) in [5.41, 5.74) is 5.41. The van der Waals surface area contributed by atoms with Crippen molar-refractivity contribution in [3.63, 3.8) is 0 Å². The van der Waals surface area contributed by atoms with Gasteiger partial charge in [0.05, 0.1) is 12.0 Å². The number of imide groups is 1. The molecule has 0 aromatic heterocycles. The lowest BCUT2D eigenvalue weighted by molar-refractivity contribution is -0.131. The number of amides is 2. The predicted octanol–water partition coefficient (Wildman–Crippen LogP) is 6.14. The van der Waals surface area contributed by atoms with Crippen LogP contribution in [-0.2, 0) is 16.0 Å². The van der Waals surface area contributed by atoms with Gasteiger partial charge < -0.3 is 4.74 Å². The largest absolute Gasteiger partial charge is 0.447 e. The molecule has 3 aromatic carbocycles. The molecule has 2 atom stereocenters. The first-order chi connectivity index (χ1) is 15.6. The van der Waals surface area contributed by atoms with Gasteiger partial charge in [0.25, 0.3) is 0 Å². The summed E-state index contributed by atoms with van der Waals surface area (Å²) in [5.74, 6) is -0.551. The molecular formula is C28H29NO3. The summed E-state index contributed by atoms with van der Waals surface area (Å²) < 4.78 is 5.31. The van der Waals surface area contributed by atoms with Crippen LogP contribution in [0.3, 0.4) is 0 Å². The maximum Gasteiger partial charge on any atom is 0.417 e. The van der Waals surface area contributed by atoms with Crippen LogP contribution in [0.5, 0.6) is 0 Å². The first kappa shape index (κ1) is 21.8. The van der Waals surface area contributed by atoms with Crippen molar-refractivity contribution in [2.24, 2.45) is 0 Å². The number of cyclic esters (lactones) is 1. The Kier molecular flexibility index (Phi) is 6.69. The molecule has 1 aliphatic rings. The maximum absolute atomic E-state index is 13.7.